The lowest BCUT2D eigenvalue weighted by molar-refractivity contribution is -0.114. The number of carbonyl (C=O) groups excluding carboxylic acids is 1. The fraction of sp³-hybridized carbons (Fsp3) is 0.688. The molecule has 0 saturated carbocycles. The molecule has 1 unspecified atom stereocenters. The summed E-state index contributed by atoms with van der Waals surface area (Å²) in [6.07, 6.45) is 11.7. The highest BCUT2D eigenvalue weighted by Gasteiger charge is 2.38. The number of hydrogen-bond donors (Lipinski definition) is 0. The van der Waals surface area contributed by atoms with Crippen LogP contribution in [0.2, 0.25) is 18.1 Å². The zero-order valence-corrected chi connectivity index (χ0v) is 14.4. The van der Waals surface area contributed by atoms with Crippen LogP contribution in [0, 0.1) is 0 Å². The lowest BCUT2D eigenvalue weighted by atomic mass is 10.2. The highest BCUT2D eigenvalue weighted by Crippen LogP contribution is 2.37. The maximum atomic E-state index is 11.1. The number of carbonyl (C=O) groups is 1. The molecule has 0 aliphatic rings. The standard InChI is InChI=1S/C16H30O2Si/c1-7-8-9-10-11-12-13-15(14-17)18-19(5,6)16(2,3)4/h8-9,11-12,14-15H,7,10,13H2,1-6H3/b9-8-,12-11-. The largest absolute Gasteiger partial charge is 0.407 e. The Labute approximate surface area is 120 Å². The first-order valence-electron chi connectivity index (χ1n) is 7.17. The summed E-state index contributed by atoms with van der Waals surface area (Å²) in [7, 11) is -1.85. The van der Waals surface area contributed by atoms with Crippen molar-refractivity contribution < 1.29 is 9.22 Å². The second kappa shape index (κ2) is 8.49. The lowest BCUT2D eigenvalue weighted by Gasteiger charge is -2.37. The van der Waals surface area contributed by atoms with Crippen LogP contribution in [-0.4, -0.2) is 20.7 Å². The van der Waals surface area contributed by atoms with E-state index in [1.165, 1.54) is 0 Å². The van der Waals surface area contributed by atoms with Gasteiger partial charge in [0.05, 0.1) is 0 Å². The Morgan fingerprint density at radius 2 is 1.68 bits per heavy atom. The van der Waals surface area contributed by atoms with Gasteiger partial charge < -0.3 is 9.22 Å². The van der Waals surface area contributed by atoms with E-state index in [9.17, 15) is 4.79 Å². The van der Waals surface area contributed by atoms with Crippen LogP contribution >= 0.6 is 0 Å². The van der Waals surface area contributed by atoms with Crippen LogP contribution in [0.3, 0.4) is 0 Å². The Kier molecular flexibility index (Phi) is 8.19. The summed E-state index contributed by atoms with van der Waals surface area (Å²) in [6, 6.07) is 0. The molecule has 0 spiro atoms. The minimum absolute atomic E-state index is 0.141. The molecule has 0 radical (unpaired) electrons. The molecule has 0 aromatic rings. The van der Waals surface area contributed by atoms with Crippen molar-refractivity contribution in [2.45, 2.75) is 71.2 Å². The van der Waals surface area contributed by atoms with Crippen molar-refractivity contribution in [3.8, 4) is 0 Å². The molecule has 3 heteroatoms. The van der Waals surface area contributed by atoms with Crippen LogP contribution in [0.25, 0.3) is 0 Å². The Morgan fingerprint density at radius 3 is 2.16 bits per heavy atom. The van der Waals surface area contributed by atoms with Gasteiger partial charge in [0.25, 0.3) is 0 Å². The molecule has 0 bridgehead atoms. The number of allylic oxidation sites excluding steroid dienone is 3. The lowest BCUT2D eigenvalue weighted by Crippen LogP contribution is -2.44. The first kappa shape index (κ1) is 18.3. The van der Waals surface area contributed by atoms with E-state index in [0.717, 1.165) is 19.1 Å². The number of aldehydes is 1. The molecule has 0 saturated heterocycles. The fourth-order valence-corrected chi connectivity index (χ4v) is 2.62. The second-order valence-corrected chi connectivity index (χ2v) is 11.1. The van der Waals surface area contributed by atoms with Crippen molar-refractivity contribution in [1.29, 1.82) is 0 Å². The van der Waals surface area contributed by atoms with Crippen LogP contribution in [0.15, 0.2) is 24.3 Å². The predicted molar refractivity (Wildman–Crippen MR) is 85.9 cm³/mol. The molecule has 1 atom stereocenters. The van der Waals surface area contributed by atoms with E-state index < -0.39 is 8.32 Å². The SMILES string of the molecule is CC/C=C\C/C=C\CC(C=O)O[Si](C)(C)C(C)(C)C. The molecule has 0 N–H and O–H groups in total. The quantitative estimate of drug-likeness (QED) is 0.360. The van der Waals surface area contributed by atoms with Crippen molar-refractivity contribution >= 4 is 14.6 Å². The summed E-state index contributed by atoms with van der Waals surface area (Å²) in [4.78, 5) is 11.1. The highest BCUT2D eigenvalue weighted by molar-refractivity contribution is 6.74. The van der Waals surface area contributed by atoms with Gasteiger partial charge in [-0.1, -0.05) is 52.0 Å². The maximum absolute atomic E-state index is 11.1. The summed E-state index contributed by atoms with van der Waals surface area (Å²) in [6.45, 7) is 13.0. The molecule has 0 rings (SSSR count). The molecule has 0 fully saturated rings. The third-order valence-electron chi connectivity index (χ3n) is 3.61. The summed E-state index contributed by atoms with van der Waals surface area (Å²) in [5.74, 6) is 0. The van der Waals surface area contributed by atoms with Crippen LogP contribution < -0.4 is 0 Å². The van der Waals surface area contributed by atoms with E-state index in [1.807, 2.05) is 6.08 Å². The molecular weight excluding hydrogens is 252 g/mol. The molecule has 0 aliphatic heterocycles. The molecular formula is C16H30O2Si. The third kappa shape index (κ3) is 7.48. The maximum Gasteiger partial charge on any atom is 0.193 e. The normalized spacial score (nSPS) is 15.3. The zero-order chi connectivity index (χ0) is 14.9. The molecule has 0 aliphatic carbocycles. The van der Waals surface area contributed by atoms with Crippen molar-refractivity contribution in [1.82, 2.24) is 0 Å². The van der Waals surface area contributed by atoms with Gasteiger partial charge in [-0.2, -0.15) is 0 Å². The van der Waals surface area contributed by atoms with Crippen molar-refractivity contribution in [2.24, 2.45) is 0 Å². The molecule has 0 aromatic heterocycles. The van der Waals surface area contributed by atoms with Gasteiger partial charge >= 0.3 is 0 Å². The summed E-state index contributed by atoms with van der Waals surface area (Å²) in [5.41, 5.74) is 0. The first-order valence-corrected chi connectivity index (χ1v) is 10.1. The molecule has 0 amide bonds. The Bertz CT molecular complexity index is 311. The molecule has 0 heterocycles. The number of hydrogen-bond acceptors (Lipinski definition) is 2. The molecule has 110 valence electrons. The third-order valence-corrected chi connectivity index (χ3v) is 8.12. The van der Waals surface area contributed by atoms with Gasteiger partial charge in [0.2, 0.25) is 0 Å². The Balaban J connectivity index is 4.30. The first-order chi connectivity index (χ1) is 8.74. The van der Waals surface area contributed by atoms with Crippen LogP contribution in [0.5, 0.6) is 0 Å². The smallest absolute Gasteiger partial charge is 0.193 e. The van der Waals surface area contributed by atoms with Crippen molar-refractivity contribution in [3.05, 3.63) is 24.3 Å². The van der Waals surface area contributed by atoms with Gasteiger partial charge in [0, 0.05) is 0 Å². The van der Waals surface area contributed by atoms with E-state index in [1.54, 1.807) is 0 Å². The van der Waals surface area contributed by atoms with Crippen LogP contribution in [-0.2, 0) is 9.22 Å². The number of rotatable bonds is 8. The van der Waals surface area contributed by atoms with Gasteiger partial charge in [-0.05, 0) is 37.4 Å². The van der Waals surface area contributed by atoms with E-state index in [4.69, 9.17) is 4.43 Å². The van der Waals surface area contributed by atoms with E-state index in [-0.39, 0.29) is 11.1 Å². The van der Waals surface area contributed by atoms with Crippen LogP contribution in [0.4, 0.5) is 0 Å². The van der Waals surface area contributed by atoms with Crippen LogP contribution in [0.1, 0.15) is 47.0 Å². The van der Waals surface area contributed by atoms with Gasteiger partial charge in [-0.25, -0.2) is 0 Å². The Hall–Kier alpha value is -0.673. The molecule has 19 heavy (non-hydrogen) atoms. The zero-order valence-electron chi connectivity index (χ0n) is 13.4. The van der Waals surface area contributed by atoms with Gasteiger partial charge in [-0.15, -0.1) is 0 Å². The van der Waals surface area contributed by atoms with Crippen molar-refractivity contribution in [3.63, 3.8) is 0 Å². The molecule has 0 aromatic carbocycles. The van der Waals surface area contributed by atoms with E-state index in [0.29, 0.717) is 6.42 Å². The van der Waals surface area contributed by atoms with E-state index >= 15 is 0 Å². The van der Waals surface area contributed by atoms with Gasteiger partial charge in [-0.3, -0.25) is 0 Å². The van der Waals surface area contributed by atoms with E-state index in [2.05, 4.69) is 59.0 Å². The topological polar surface area (TPSA) is 26.3 Å². The summed E-state index contributed by atoms with van der Waals surface area (Å²) >= 11 is 0. The summed E-state index contributed by atoms with van der Waals surface area (Å²) in [5, 5.41) is 0.141. The monoisotopic (exact) mass is 282 g/mol. The average Bonchev–Trinajstić information content (AvgIpc) is 2.30. The second-order valence-electron chi connectivity index (χ2n) is 6.38. The fourth-order valence-electron chi connectivity index (χ4n) is 1.35. The minimum atomic E-state index is -1.85. The van der Waals surface area contributed by atoms with Gasteiger partial charge in [0.15, 0.2) is 8.32 Å². The average molecular weight is 282 g/mol. The minimum Gasteiger partial charge on any atom is -0.407 e. The molecule has 2 nitrogen and oxygen atoms in total. The summed E-state index contributed by atoms with van der Waals surface area (Å²) < 4.78 is 6.08. The predicted octanol–water partition coefficient (Wildman–Crippen LogP) is 4.88. The van der Waals surface area contributed by atoms with Crippen molar-refractivity contribution in [2.75, 3.05) is 0 Å². The highest BCUT2D eigenvalue weighted by atomic mass is 28.4. The Morgan fingerprint density at radius 1 is 1.11 bits per heavy atom. The van der Waals surface area contributed by atoms with Gasteiger partial charge in [0.1, 0.15) is 12.4 Å².